The third-order valence-corrected chi connectivity index (χ3v) is 4.44. The molecule has 1 fully saturated rings. The highest BCUT2D eigenvalue weighted by atomic mass is 32.2. The summed E-state index contributed by atoms with van der Waals surface area (Å²) >= 11 is 1.98. The van der Waals surface area contributed by atoms with E-state index in [1.165, 1.54) is 12.8 Å². The molecule has 1 aliphatic carbocycles. The van der Waals surface area contributed by atoms with Gasteiger partial charge in [-0.15, -0.1) is 0 Å². The van der Waals surface area contributed by atoms with Crippen LogP contribution in [0.5, 0.6) is 0 Å². The fourth-order valence-electron chi connectivity index (χ4n) is 1.28. The van der Waals surface area contributed by atoms with Crippen molar-refractivity contribution in [2.45, 2.75) is 57.4 Å². The highest BCUT2D eigenvalue weighted by Crippen LogP contribution is 2.22. The lowest BCUT2D eigenvalue weighted by atomic mass is 10.2. The minimum absolute atomic E-state index is 0.0735. The first-order valence-electron chi connectivity index (χ1n) is 5.90. The van der Waals surface area contributed by atoms with Crippen LogP contribution in [0.15, 0.2) is 0 Å². The van der Waals surface area contributed by atoms with E-state index in [4.69, 9.17) is 5.26 Å². The van der Waals surface area contributed by atoms with Gasteiger partial charge in [0.1, 0.15) is 0 Å². The highest BCUT2D eigenvalue weighted by molar-refractivity contribution is 7.99. The molecule has 0 bridgehead atoms. The van der Waals surface area contributed by atoms with Crippen LogP contribution in [-0.4, -0.2) is 23.1 Å². The maximum atomic E-state index is 8.96. The van der Waals surface area contributed by atoms with Gasteiger partial charge in [-0.3, -0.25) is 5.32 Å². The molecular weight excluding hydrogens is 204 g/mol. The van der Waals surface area contributed by atoms with E-state index >= 15 is 0 Å². The predicted octanol–water partition coefficient (Wildman–Crippen LogP) is 2.80. The average Bonchev–Trinajstić information content (AvgIpc) is 2.99. The van der Waals surface area contributed by atoms with Crippen molar-refractivity contribution < 1.29 is 0 Å². The first-order valence-corrected chi connectivity index (χ1v) is 6.95. The van der Waals surface area contributed by atoms with E-state index in [0.717, 1.165) is 18.1 Å². The molecule has 0 spiro atoms. The number of nitrogens with zero attached hydrogens (tertiary/aromatic N) is 1. The number of nitrogens with one attached hydrogen (secondary N) is 1. The van der Waals surface area contributed by atoms with E-state index in [1.807, 2.05) is 11.8 Å². The Kier molecular flexibility index (Phi) is 5.49. The first-order chi connectivity index (χ1) is 7.13. The van der Waals surface area contributed by atoms with Gasteiger partial charge in [-0.05, 0) is 30.9 Å². The lowest BCUT2D eigenvalue weighted by molar-refractivity contribution is 0.584. The van der Waals surface area contributed by atoms with E-state index < -0.39 is 0 Å². The molecule has 2 atom stereocenters. The summed E-state index contributed by atoms with van der Waals surface area (Å²) in [5, 5.41) is 13.0. The van der Waals surface area contributed by atoms with Crippen molar-refractivity contribution in [3.63, 3.8) is 0 Å². The molecule has 0 aromatic heterocycles. The summed E-state index contributed by atoms with van der Waals surface area (Å²) in [5.41, 5.74) is 0. The standard InChI is InChI=1S/C12H22N2S/c1-9(2)10(3)15-7-6-12(8-13)14-11-4-5-11/h9-12,14H,4-7H2,1-3H3. The van der Waals surface area contributed by atoms with Crippen LogP contribution in [0, 0.1) is 17.2 Å². The zero-order valence-electron chi connectivity index (χ0n) is 9.99. The predicted molar refractivity (Wildman–Crippen MR) is 66.9 cm³/mol. The van der Waals surface area contributed by atoms with E-state index in [9.17, 15) is 0 Å². The van der Waals surface area contributed by atoms with Crippen molar-refractivity contribution in [2.24, 2.45) is 5.92 Å². The second kappa shape index (κ2) is 6.40. The van der Waals surface area contributed by atoms with Gasteiger partial charge in [-0.1, -0.05) is 20.8 Å². The molecule has 2 nitrogen and oxygen atoms in total. The Hall–Kier alpha value is -0.200. The third-order valence-electron chi connectivity index (χ3n) is 2.90. The molecule has 0 heterocycles. The number of rotatable bonds is 7. The molecule has 0 saturated heterocycles. The van der Waals surface area contributed by atoms with Crippen LogP contribution in [0.4, 0.5) is 0 Å². The molecule has 2 unspecified atom stereocenters. The van der Waals surface area contributed by atoms with E-state index in [-0.39, 0.29) is 6.04 Å². The van der Waals surface area contributed by atoms with Crippen LogP contribution in [0.25, 0.3) is 0 Å². The van der Waals surface area contributed by atoms with E-state index in [0.29, 0.717) is 11.3 Å². The normalized spacial score (nSPS) is 19.9. The molecular formula is C12H22N2S. The fraction of sp³-hybridized carbons (Fsp3) is 0.917. The van der Waals surface area contributed by atoms with Gasteiger partial charge in [0.15, 0.2) is 0 Å². The second-order valence-electron chi connectivity index (χ2n) is 4.73. The molecule has 0 aromatic rings. The van der Waals surface area contributed by atoms with Crippen LogP contribution >= 0.6 is 11.8 Å². The van der Waals surface area contributed by atoms with Gasteiger partial charge in [0.2, 0.25) is 0 Å². The molecule has 1 aliphatic rings. The van der Waals surface area contributed by atoms with Crippen LogP contribution in [0.2, 0.25) is 0 Å². The van der Waals surface area contributed by atoms with E-state index in [1.54, 1.807) is 0 Å². The van der Waals surface area contributed by atoms with Gasteiger partial charge in [0.05, 0.1) is 12.1 Å². The van der Waals surface area contributed by atoms with Crippen molar-refractivity contribution >= 4 is 11.8 Å². The summed E-state index contributed by atoms with van der Waals surface area (Å²) in [4.78, 5) is 0. The summed E-state index contributed by atoms with van der Waals surface area (Å²) in [6.45, 7) is 6.77. The average molecular weight is 226 g/mol. The summed E-state index contributed by atoms with van der Waals surface area (Å²) in [7, 11) is 0. The van der Waals surface area contributed by atoms with Crippen LogP contribution in [0.1, 0.15) is 40.0 Å². The van der Waals surface area contributed by atoms with Crippen molar-refractivity contribution in [2.75, 3.05) is 5.75 Å². The largest absolute Gasteiger partial charge is 0.299 e. The fourth-order valence-corrected chi connectivity index (χ4v) is 2.41. The van der Waals surface area contributed by atoms with Gasteiger partial charge < -0.3 is 0 Å². The first kappa shape index (κ1) is 12.9. The molecule has 1 rings (SSSR count). The summed E-state index contributed by atoms with van der Waals surface area (Å²) < 4.78 is 0. The lowest BCUT2D eigenvalue weighted by Gasteiger charge is -2.16. The molecule has 3 heteroatoms. The van der Waals surface area contributed by atoms with Crippen molar-refractivity contribution in [3.05, 3.63) is 0 Å². The summed E-state index contributed by atoms with van der Waals surface area (Å²) in [6.07, 6.45) is 3.50. The third kappa shape index (κ3) is 5.44. The zero-order chi connectivity index (χ0) is 11.3. The Morgan fingerprint density at radius 1 is 1.40 bits per heavy atom. The smallest absolute Gasteiger partial charge is 0.0963 e. The summed E-state index contributed by atoms with van der Waals surface area (Å²) in [6, 6.07) is 3.07. The number of hydrogen-bond donors (Lipinski definition) is 1. The Morgan fingerprint density at radius 3 is 2.53 bits per heavy atom. The minimum Gasteiger partial charge on any atom is -0.299 e. The van der Waals surface area contributed by atoms with Gasteiger partial charge in [-0.25, -0.2) is 0 Å². The van der Waals surface area contributed by atoms with Gasteiger partial charge in [0, 0.05) is 11.3 Å². The van der Waals surface area contributed by atoms with Crippen molar-refractivity contribution in [1.82, 2.24) is 5.32 Å². The molecule has 86 valence electrons. The maximum absolute atomic E-state index is 8.96. The Morgan fingerprint density at radius 2 is 2.07 bits per heavy atom. The molecule has 0 radical (unpaired) electrons. The maximum Gasteiger partial charge on any atom is 0.0963 e. The van der Waals surface area contributed by atoms with Crippen molar-refractivity contribution in [1.29, 1.82) is 5.26 Å². The quantitative estimate of drug-likeness (QED) is 0.725. The molecule has 0 aromatic carbocycles. The van der Waals surface area contributed by atoms with Crippen LogP contribution < -0.4 is 5.32 Å². The second-order valence-corrected chi connectivity index (χ2v) is 6.22. The molecule has 15 heavy (non-hydrogen) atoms. The Bertz CT molecular complexity index is 218. The molecule has 1 saturated carbocycles. The van der Waals surface area contributed by atoms with Gasteiger partial charge in [-0.2, -0.15) is 17.0 Å². The monoisotopic (exact) mass is 226 g/mol. The number of hydrogen-bond acceptors (Lipinski definition) is 3. The zero-order valence-corrected chi connectivity index (χ0v) is 10.8. The lowest BCUT2D eigenvalue weighted by Crippen LogP contribution is -2.30. The SMILES string of the molecule is CC(C)C(C)SCCC(C#N)NC1CC1. The number of thioether (sulfide) groups is 1. The Balaban J connectivity index is 2.08. The molecule has 0 amide bonds. The minimum atomic E-state index is 0.0735. The highest BCUT2D eigenvalue weighted by Gasteiger charge is 2.24. The topological polar surface area (TPSA) is 35.8 Å². The van der Waals surface area contributed by atoms with Crippen molar-refractivity contribution in [3.8, 4) is 6.07 Å². The number of nitriles is 1. The van der Waals surface area contributed by atoms with Gasteiger partial charge in [0.25, 0.3) is 0 Å². The molecule has 1 N–H and O–H groups in total. The van der Waals surface area contributed by atoms with E-state index in [2.05, 4.69) is 32.2 Å². The molecule has 0 aliphatic heterocycles. The summed E-state index contributed by atoms with van der Waals surface area (Å²) in [5.74, 6) is 1.82. The van der Waals surface area contributed by atoms with Crippen LogP contribution in [0.3, 0.4) is 0 Å². The Labute approximate surface area is 97.8 Å². The van der Waals surface area contributed by atoms with Gasteiger partial charge >= 0.3 is 0 Å². The van der Waals surface area contributed by atoms with Crippen LogP contribution in [-0.2, 0) is 0 Å².